The fourth-order valence-corrected chi connectivity index (χ4v) is 6.76. The van der Waals surface area contributed by atoms with E-state index >= 15 is 0 Å². The minimum atomic E-state index is -5.30. The van der Waals surface area contributed by atoms with Gasteiger partial charge in [-0.25, -0.2) is 4.79 Å². The van der Waals surface area contributed by atoms with Crippen LogP contribution in [-0.4, -0.2) is 110 Å². The first-order valence-corrected chi connectivity index (χ1v) is 20.1. The third-order valence-electron chi connectivity index (χ3n) is 7.42. The lowest BCUT2D eigenvalue weighted by atomic mass is 10.1. The van der Waals surface area contributed by atoms with Crippen molar-refractivity contribution in [3.05, 3.63) is 48.5 Å². The molecule has 0 aromatic heterocycles. The van der Waals surface area contributed by atoms with E-state index in [2.05, 4.69) is 30.7 Å². The number of hydrogen-bond donors (Lipinski definition) is 9. The normalized spacial score (nSPS) is 14.4. The second-order valence-corrected chi connectivity index (χ2v) is 15.6. The molecular formula is C30H26N8O18S3. The number of carbonyl (C=O) groups excluding carboxylic acids is 3. The first-order chi connectivity index (χ1) is 27.6. The van der Waals surface area contributed by atoms with E-state index < -0.39 is 129 Å². The summed E-state index contributed by atoms with van der Waals surface area (Å²) in [6, 6.07) is 3.79. The van der Waals surface area contributed by atoms with Crippen molar-refractivity contribution in [1.29, 1.82) is 0 Å². The molecule has 29 heteroatoms. The Balaban J connectivity index is 1.60. The predicted molar refractivity (Wildman–Crippen MR) is 193 cm³/mol. The largest absolute Gasteiger partial charge is 0.507 e. The summed E-state index contributed by atoms with van der Waals surface area (Å²) in [5.41, 5.74) is -2.52. The number of rotatable bonds is 15. The Hall–Kier alpha value is -6.60. The molecule has 9 N–H and O–H groups in total. The zero-order valence-corrected chi connectivity index (χ0v) is 31.5. The molecule has 26 nitrogen and oxygen atoms in total. The van der Waals surface area contributed by atoms with E-state index in [0.717, 1.165) is 30.3 Å². The van der Waals surface area contributed by atoms with Crippen LogP contribution in [0.3, 0.4) is 0 Å². The van der Waals surface area contributed by atoms with Crippen molar-refractivity contribution in [2.45, 2.75) is 20.7 Å². The van der Waals surface area contributed by atoms with Gasteiger partial charge in [0.25, 0.3) is 42.2 Å². The Morgan fingerprint density at radius 1 is 0.627 bits per heavy atom. The van der Waals surface area contributed by atoms with Gasteiger partial charge in [-0.05, 0) is 35.7 Å². The molecule has 4 amide bonds. The standard InChI is InChI=1S/C30H26N8O18S3/c39-3-5-55-20-12-18(36-37-25-23(59(52,53)54)8-13-7-15(57(46,47)48)10-19(41)24(13)27(25)42)21(56-6-4-40)11-17(20)35-34-16-2-1-14(9-22(16)58(49,50)51)33-38-26-28(43)31-30(45)32-29(26)44/h1-2,7-12,26,39-42H,3-6H2,(H,46,47,48)(H,49,50,51)(H,52,53,54)(H2,31,32,43,44,45)/b35-34+,37-36+,38-33+. The molecule has 0 saturated carbocycles. The van der Waals surface area contributed by atoms with Crippen LogP contribution in [0, 0.1) is 0 Å². The molecule has 0 unspecified atom stereocenters. The summed E-state index contributed by atoms with van der Waals surface area (Å²) >= 11 is 0. The van der Waals surface area contributed by atoms with Gasteiger partial charge in [-0.2, -0.15) is 35.5 Å². The molecule has 0 radical (unpaired) electrons. The quantitative estimate of drug-likeness (QED) is 0.0470. The van der Waals surface area contributed by atoms with E-state index in [1.54, 1.807) is 10.6 Å². The second kappa shape index (κ2) is 17.1. The third kappa shape index (κ3) is 10.1. The van der Waals surface area contributed by atoms with Crippen molar-refractivity contribution in [3.8, 4) is 23.0 Å². The summed E-state index contributed by atoms with van der Waals surface area (Å²) in [5.74, 6) is -4.97. The highest BCUT2D eigenvalue weighted by Crippen LogP contribution is 2.47. The van der Waals surface area contributed by atoms with Crippen LogP contribution in [0.15, 0.2) is 93.9 Å². The number of nitrogens with one attached hydrogen (secondary N) is 2. The molecule has 1 saturated heterocycles. The highest BCUT2D eigenvalue weighted by atomic mass is 32.2. The molecule has 4 aromatic carbocycles. The summed E-state index contributed by atoms with van der Waals surface area (Å²) < 4.78 is 113. The molecule has 59 heavy (non-hydrogen) atoms. The molecule has 1 aliphatic heterocycles. The molecule has 0 bridgehead atoms. The fraction of sp³-hybridized carbons (Fsp3) is 0.167. The summed E-state index contributed by atoms with van der Waals surface area (Å²) in [7, 11) is -15.3. The maximum Gasteiger partial charge on any atom is 0.328 e. The van der Waals surface area contributed by atoms with Gasteiger partial charge in [0.05, 0.1) is 29.2 Å². The number of aromatic hydroxyl groups is 2. The van der Waals surface area contributed by atoms with Gasteiger partial charge in [0, 0.05) is 18.2 Å². The van der Waals surface area contributed by atoms with Gasteiger partial charge in [0.15, 0.2) is 5.75 Å². The van der Waals surface area contributed by atoms with E-state index in [1.165, 1.54) is 0 Å². The average Bonchev–Trinajstić information content (AvgIpc) is 3.13. The van der Waals surface area contributed by atoms with Gasteiger partial charge in [0.1, 0.15) is 63.0 Å². The second-order valence-electron chi connectivity index (χ2n) is 11.4. The Labute approximate surface area is 329 Å². The topological polar surface area (TPSA) is 412 Å². The Morgan fingerprint density at radius 2 is 1.17 bits per heavy atom. The third-order valence-corrected chi connectivity index (χ3v) is 10.0. The summed E-state index contributed by atoms with van der Waals surface area (Å²) in [6.45, 7) is -2.01. The smallest absolute Gasteiger partial charge is 0.328 e. The van der Waals surface area contributed by atoms with Gasteiger partial charge in [0.2, 0.25) is 6.04 Å². The predicted octanol–water partition coefficient (Wildman–Crippen LogP) is 2.38. The number of aliphatic hydroxyl groups is 2. The van der Waals surface area contributed by atoms with Crippen LogP contribution in [0.25, 0.3) is 10.8 Å². The minimum absolute atomic E-state index is 0.300. The van der Waals surface area contributed by atoms with Crippen molar-refractivity contribution in [2.24, 2.45) is 30.7 Å². The van der Waals surface area contributed by atoms with E-state index in [1.807, 2.05) is 0 Å². The van der Waals surface area contributed by atoms with E-state index in [0.29, 0.717) is 18.2 Å². The fourth-order valence-electron chi connectivity index (χ4n) is 4.92. The molecule has 0 aliphatic carbocycles. The number of phenolic OH excluding ortho intramolecular Hbond substituents is 2. The van der Waals surface area contributed by atoms with Gasteiger partial charge >= 0.3 is 6.03 Å². The van der Waals surface area contributed by atoms with Crippen LogP contribution in [0.4, 0.5) is 33.2 Å². The van der Waals surface area contributed by atoms with Crippen molar-refractivity contribution >= 4 is 87.4 Å². The highest BCUT2D eigenvalue weighted by molar-refractivity contribution is 7.86. The summed E-state index contributed by atoms with van der Waals surface area (Å²) in [6.07, 6.45) is 0. The Bertz CT molecular complexity index is 2810. The number of carbonyl (C=O) groups is 3. The molecule has 5 rings (SSSR count). The zero-order valence-electron chi connectivity index (χ0n) is 29.1. The molecule has 4 aromatic rings. The van der Waals surface area contributed by atoms with Crippen LogP contribution in [0.5, 0.6) is 23.0 Å². The molecule has 0 spiro atoms. The number of imide groups is 2. The van der Waals surface area contributed by atoms with Crippen LogP contribution >= 0.6 is 0 Å². The maximum absolute atomic E-state index is 12.4. The lowest BCUT2D eigenvalue weighted by molar-refractivity contribution is -0.131. The van der Waals surface area contributed by atoms with E-state index in [9.17, 15) is 73.7 Å². The number of hydrogen-bond acceptors (Lipinski definition) is 21. The van der Waals surface area contributed by atoms with Crippen LogP contribution < -0.4 is 20.1 Å². The number of benzene rings is 4. The van der Waals surface area contributed by atoms with E-state index in [-0.39, 0.29) is 28.6 Å². The SMILES string of the molecule is O=C1NC(=O)C(/N=N/c2ccc(/N=N/c3cc(OCCO)c(/N=N/c4c(S(=O)(=O)O)cc5cc(S(=O)(=O)O)cc(O)c5c4O)cc3OCCO)c(S(=O)(=O)O)c2)C(=O)N1. The zero-order chi connectivity index (χ0) is 43.4. The van der Waals surface area contributed by atoms with Gasteiger partial charge in [-0.15, -0.1) is 20.5 Å². The van der Waals surface area contributed by atoms with Crippen LogP contribution in [-0.2, 0) is 39.9 Å². The van der Waals surface area contributed by atoms with Crippen molar-refractivity contribution in [1.82, 2.24) is 10.6 Å². The van der Waals surface area contributed by atoms with Crippen molar-refractivity contribution < 1.29 is 83.2 Å². The van der Waals surface area contributed by atoms with Gasteiger partial charge in [-0.1, -0.05) is 0 Å². The number of phenols is 2. The van der Waals surface area contributed by atoms with Crippen LogP contribution in [0.2, 0.25) is 0 Å². The number of urea groups is 1. The monoisotopic (exact) mass is 882 g/mol. The number of nitrogens with zero attached hydrogens (tertiary/aromatic N) is 6. The molecule has 312 valence electrons. The maximum atomic E-state index is 12.4. The number of fused-ring (bicyclic) bond motifs is 1. The number of azo groups is 3. The summed E-state index contributed by atoms with van der Waals surface area (Å²) in [5, 5.41) is 65.3. The van der Waals surface area contributed by atoms with Crippen molar-refractivity contribution in [3.63, 3.8) is 0 Å². The lowest BCUT2D eigenvalue weighted by Gasteiger charge is -2.16. The highest BCUT2D eigenvalue weighted by Gasteiger charge is 2.34. The number of aliphatic hydroxyl groups excluding tert-OH is 2. The Kier molecular flexibility index (Phi) is 12.6. The van der Waals surface area contributed by atoms with Gasteiger partial charge in [-0.3, -0.25) is 33.9 Å². The first-order valence-electron chi connectivity index (χ1n) is 15.8. The molecular weight excluding hydrogens is 857 g/mol. The lowest BCUT2D eigenvalue weighted by Crippen LogP contribution is -2.57. The molecule has 0 atom stereocenters. The minimum Gasteiger partial charge on any atom is -0.507 e. The Morgan fingerprint density at radius 3 is 1.69 bits per heavy atom. The molecule has 1 aliphatic rings. The summed E-state index contributed by atoms with van der Waals surface area (Å²) in [4.78, 5) is 32.2. The molecule has 1 fully saturated rings. The number of amides is 4. The van der Waals surface area contributed by atoms with E-state index in [4.69, 9.17) is 9.47 Å². The number of barbiturate groups is 1. The number of ether oxygens (including phenoxy) is 2. The average molecular weight is 883 g/mol. The van der Waals surface area contributed by atoms with Crippen LogP contribution in [0.1, 0.15) is 0 Å². The first kappa shape index (κ1) is 43.5. The molecule has 1 heterocycles. The van der Waals surface area contributed by atoms with Crippen molar-refractivity contribution in [2.75, 3.05) is 26.4 Å². The van der Waals surface area contributed by atoms with Gasteiger partial charge < -0.3 is 29.9 Å².